The average Bonchev–Trinajstić information content (AvgIpc) is 2.72. The van der Waals surface area contributed by atoms with Crippen molar-refractivity contribution < 1.29 is 24.1 Å². The van der Waals surface area contributed by atoms with Crippen LogP contribution in [0.4, 0.5) is 0 Å². The average molecular weight is 376 g/mol. The maximum Gasteiger partial charge on any atom is 0.189 e. The Labute approximate surface area is 163 Å². The van der Waals surface area contributed by atoms with E-state index in [2.05, 4.69) is 0 Å². The molecule has 1 N–H and O–H groups in total. The molecule has 5 heteroatoms. The van der Waals surface area contributed by atoms with Gasteiger partial charge in [-0.15, -0.1) is 0 Å². The highest BCUT2D eigenvalue weighted by Gasteiger charge is 2.14. The van der Waals surface area contributed by atoms with Gasteiger partial charge in [0, 0.05) is 6.07 Å². The van der Waals surface area contributed by atoms with E-state index in [-0.39, 0.29) is 17.1 Å². The minimum Gasteiger partial charge on any atom is -0.507 e. The van der Waals surface area contributed by atoms with Gasteiger partial charge in [-0.05, 0) is 42.0 Å². The van der Waals surface area contributed by atoms with Crippen molar-refractivity contribution in [2.24, 2.45) is 0 Å². The summed E-state index contributed by atoms with van der Waals surface area (Å²) in [5.74, 6) is 1.59. The van der Waals surface area contributed by atoms with Gasteiger partial charge in [0.1, 0.15) is 17.2 Å². The lowest BCUT2D eigenvalue weighted by Crippen LogP contribution is -1.98. The first kappa shape index (κ1) is 19.0. The van der Waals surface area contributed by atoms with Gasteiger partial charge in [0.25, 0.3) is 0 Å². The smallest absolute Gasteiger partial charge is 0.189 e. The van der Waals surface area contributed by atoms with E-state index in [4.69, 9.17) is 14.2 Å². The van der Waals surface area contributed by atoms with E-state index >= 15 is 0 Å². The summed E-state index contributed by atoms with van der Waals surface area (Å²) in [4.78, 5) is 12.5. The molecule has 0 fully saturated rings. The summed E-state index contributed by atoms with van der Waals surface area (Å²) in [5, 5.41) is 10.1. The minimum absolute atomic E-state index is 0.130. The number of hydrogen-bond acceptors (Lipinski definition) is 5. The molecule has 0 aliphatic rings. The number of hydrogen-bond donors (Lipinski definition) is 1. The van der Waals surface area contributed by atoms with Gasteiger partial charge >= 0.3 is 0 Å². The lowest BCUT2D eigenvalue weighted by molar-refractivity contribution is 0.104. The van der Waals surface area contributed by atoms with Crippen molar-refractivity contribution in [2.45, 2.75) is 0 Å². The molecule has 0 aromatic heterocycles. The Hall–Kier alpha value is -3.73. The largest absolute Gasteiger partial charge is 0.507 e. The first-order valence-corrected chi connectivity index (χ1v) is 8.61. The Bertz CT molecular complexity index is 993. The molecule has 0 atom stereocenters. The Morgan fingerprint density at radius 3 is 2.25 bits per heavy atom. The topological polar surface area (TPSA) is 65.0 Å². The van der Waals surface area contributed by atoms with Gasteiger partial charge in [-0.2, -0.15) is 0 Å². The fraction of sp³-hybridized carbons (Fsp3) is 0.0870. The molecule has 28 heavy (non-hydrogen) atoms. The number of benzene rings is 3. The maximum absolute atomic E-state index is 12.5. The third-order valence-electron chi connectivity index (χ3n) is 4.03. The third-order valence-corrected chi connectivity index (χ3v) is 4.03. The number of carbonyl (C=O) groups is 1. The van der Waals surface area contributed by atoms with E-state index in [1.54, 1.807) is 6.08 Å². The summed E-state index contributed by atoms with van der Waals surface area (Å²) >= 11 is 0. The van der Waals surface area contributed by atoms with E-state index < -0.39 is 0 Å². The first-order valence-electron chi connectivity index (χ1n) is 8.61. The van der Waals surface area contributed by atoms with Crippen molar-refractivity contribution in [3.05, 3.63) is 83.9 Å². The van der Waals surface area contributed by atoms with Crippen LogP contribution in [-0.2, 0) is 0 Å². The summed E-state index contributed by atoms with van der Waals surface area (Å²) in [6, 6.07) is 19.6. The van der Waals surface area contributed by atoms with Gasteiger partial charge in [0.15, 0.2) is 17.3 Å². The standard InChI is InChI=1S/C23H20O5/c1-26-22-14-19(21(25)15-23(22)27-2)20(24)12-11-16-7-6-10-18(13-16)28-17-8-4-3-5-9-17/h3-15,25H,1-2H3/b12-11+. The van der Waals surface area contributed by atoms with Crippen LogP contribution in [0.5, 0.6) is 28.7 Å². The highest BCUT2D eigenvalue weighted by atomic mass is 16.5. The molecule has 0 spiro atoms. The van der Waals surface area contributed by atoms with Gasteiger partial charge in [0.2, 0.25) is 0 Å². The number of ketones is 1. The van der Waals surface area contributed by atoms with E-state index in [1.165, 1.54) is 32.4 Å². The highest BCUT2D eigenvalue weighted by Crippen LogP contribution is 2.34. The predicted octanol–water partition coefficient (Wildman–Crippen LogP) is 5.10. The second-order valence-corrected chi connectivity index (χ2v) is 5.91. The van der Waals surface area contributed by atoms with Crippen LogP contribution in [0.25, 0.3) is 6.08 Å². The maximum atomic E-state index is 12.5. The second kappa shape index (κ2) is 8.77. The third kappa shape index (κ3) is 4.51. The molecular weight excluding hydrogens is 356 g/mol. The number of para-hydroxylation sites is 1. The number of allylic oxidation sites excluding steroid dienone is 1. The first-order chi connectivity index (χ1) is 13.6. The van der Waals surface area contributed by atoms with Gasteiger partial charge in [0.05, 0.1) is 19.8 Å². The quantitative estimate of drug-likeness (QED) is 0.459. The van der Waals surface area contributed by atoms with Crippen LogP contribution in [-0.4, -0.2) is 25.1 Å². The molecule has 0 heterocycles. The number of phenols is 1. The number of aromatic hydroxyl groups is 1. The number of rotatable bonds is 7. The van der Waals surface area contributed by atoms with Crippen LogP contribution < -0.4 is 14.2 Å². The molecule has 3 aromatic rings. The van der Waals surface area contributed by atoms with Crippen LogP contribution in [0, 0.1) is 0 Å². The summed E-state index contributed by atoms with van der Waals surface area (Å²) in [6.07, 6.45) is 3.05. The SMILES string of the molecule is COc1cc(O)c(C(=O)/C=C/c2cccc(Oc3ccccc3)c2)cc1OC. The van der Waals surface area contributed by atoms with Gasteiger partial charge < -0.3 is 19.3 Å². The van der Waals surface area contributed by atoms with Crippen molar-refractivity contribution in [1.29, 1.82) is 0 Å². The lowest BCUT2D eigenvalue weighted by Gasteiger charge is -2.10. The number of ether oxygens (including phenoxy) is 3. The van der Waals surface area contributed by atoms with Crippen molar-refractivity contribution in [3.63, 3.8) is 0 Å². The molecular formula is C23H20O5. The number of methoxy groups -OCH3 is 2. The van der Waals surface area contributed by atoms with Crippen LogP contribution in [0.2, 0.25) is 0 Å². The summed E-state index contributed by atoms with van der Waals surface area (Å²) in [5.41, 5.74) is 0.923. The monoisotopic (exact) mass is 376 g/mol. The summed E-state index contributed by atoms with van der Waals surface area (Å²) in [7, 11) is 2.93. The molecule has 0 radical (unpaired) electrons. The summed E-state index contributed by atoms with van der Waals surface area (Å²) in [6.45, 7) is 0. The van der Waals surface area contributed by atoms with E-state index in [0.29, 0.717) is 17.2 Å². The Kier molecular flexibility index (Phi) is 5.97. The van der Waals surface area contributed by atoms with Crippen LogP contribution in [0.1, 0.15) is 15.9 Å². The Morgan fingerprint density at radius 1 is 0.857 bits per heavy atom. The number of phenolic OH excluding ortho intramolecular Hbond substituents is 1. The summed E-state index contributed by atoms with van der Waals surface area (Å²) < 4.78 is 16.1. The van der Waals surface area contributed by atoms with Crippen molar-refractivity contribution in [2.75, 3.05) is 14.2 Å². The molecule has 0 amide bonds. The molecule has 0 aliphatic heterocycles. The lowest BCUT2D eigenvalue weighted by atomic mass is 10.1. The molecule has 0 aliphatic carbocycles. The molecule has 0 saturated heterocycles. The van der Waals surface area contributed by atoms with Crippen molar-refractivity contribution in [1.82, 2.24) is 0 Å². The van der Waals surface area contributed by atoms with Crippen LogP contribution in [0.3, 0.4) is 0 Å². The molecule has 0 bridgehead atoms. The fourth-order valence-electron chi connectivity index (χ4n) is 2.63. The normalized spacial score (nSPS) is 10.6. The van der Waals surface area contributed by atoms with Crippen LogP contribution >= 0.6 is 0 Å². The molecule has 5 nitrogen and oxygen atoms in total. The fourth-order valence-corrected chi connectivity index (χ4v) is 2.63. The van der Waals surface area contributed by atoms with E-state index in [1.807, 2.05) is 54.6 Å². The zero-order chi connectivity index (χ0) is 19.9. The zero-order valence-electron chi connectivity index (χ0n) is 15.6. The highest BCUT2D eigenvalue weighted by molar-refractivity contribution is 6.09. The van der Waals surface area contributed by atoms with E-state index in [0.717, 1.165) is 11.3 Å². The number of carbonyl (C=O) groups excluding carboxylic acids is 1. The van der Waals surface area contributed by atoms with Crippen molar-refractivity contribution >= 4 is 11.9 Å². The minimum atomic E-state index is -0.354. The second-order valence-electron chi connectivity index (χ2n) is 5.91. The van der Waals surface area contributed by atoms with E-state index in [9.17, 15) is 9.90 Å². The van der Waals surface area contributed by atoms with Gasteiger partial charge in [-0.25, -0.2) is 0 Å². The molecule has 0 unspecified atom stereocenters. The zero-order valence-corrected chi connectivity index (χ0v) is 15.6. The predicted molar refractivity (Wildman–Crippen MR) is 108 cm³/mol. The van der Waals surface area contributed by atoms with Crippen molar-refractivity contribution in [3.8, 4) is 28.7 Å². The van der Waals surface area contributed by atoms with Gasteiger partial charge in [-0.1, -0.05) is 36.4 Å². The molecule has 0 saturated carbocycles. The molecule has 3 rings (SSSR count). The van der Waals surface area contributed by atoms with Crippen LogP contribution in [0.15, 0.2) is 72.8 Å². The van der Waals surface area contributed by atoms with Gasteiger partial charge in [-0.3, -0.25) is 4.79 Å². The Balaban J connectivity index is 1.78. The molecule has 3 aromatic carbocycles. The Morgan fingerprint density at radius 2 is 1.54 bits per heavy atom. The molecule has 142 valence electrons.